The molecule has 1 aromatic heterocycles. The quantitative estimate of drug-likeness (QED) is 0.764. The van der Waals surface area contributed by atoms with Crippen molar-refractivity contribution in [2.75, 3.05) is 6.61 Å². The van der Waals surface area contributed by atoms with Gasteiger partial charge in [0.05, 0.1) is 13.0 Å². The Labute approximate surface area is 77.0 Å². The first-order valence-corrected chi connectivity index (χ1v) is 4.83. The van der Waals surface area contributed by atoms with Gasteiger partial charge in [-0.1, -0.05) is 18.0 Å². The minimum absolute atomic E-state index is 0.0757. The molecule has 0 bridgehead atoms. The Morgan fingerprint density at radius 3 is 2.85 bits per heavy atom. The molecule has 13 heavy (non-hydrogen) atoms. The van der Waals surface area contributed by atoms with Crippen LogP contribution in [0.5, 0.6) is 0 Å². The van der Waals surface area contributed by atoms with Crippen LogP contribution in [0.3, 0.4) is 0 Å². The van der Waals surface area contributed by atoms with Crippen molar-refractivity contribution in [2.24, 2.45) is 0 Å². The minimum atomic E-state index is 0.0757. The predicted molar refractivity (Wildman–Crippen MR) is 46.3 cm³/mol. The summed E-state index contributed by atoms with van der Waals surface area (Å²) in [4.78, 5) is 4.24. The Bertz CT molecular complexity index is 266. The third-order valence-electron chi connectivity index (χ3n) is 2.53. The van der Waals surface area contributed by atoms with E-state index in [-0.39, 0.29) is 6.61 Å². The summed E-state index contributed by atoms with van der Waals surface area (Å²) in [5, 5.41) is 12.6. The van der Waals surface area contributed by atoms with E-state index in [1.807, 2.05) is 0 Å². The van der Waals surface area contributed by atoms with Crippen LogP contribution in [0.4, 0.5) is 0 Å². The maximum atomic E-state index is 8.67. The summed E-state index contributed by atoms with van der Waals surface area (Å²) < 4.78 is 5.00. The third kappa shape index (κ3) is 1.88. The van der Waals surface area contributed by atoms with Gasteiger partial charge in [0.2, 0.25) is 5.89 Å². The SMILES string of the molecule is OCCc1nc(C2CCCC2)no1. The van der Waals surface area contributed by atoms with E-state index < -0.39 is 0 Å². The van der Waals surface area contributed by atoms with E-state index >= 15 is 0 Å². The summed E-state index contributed by atoms with van der Waals surface area (Å²) in [5.41, 5.74) is 0. The van der Waals surface area contributed by atoms with Crippen molar-refractivity contribution in [2.45, 2.75) is 38.0 Å². The first-order chi connectivity index (χ1) is 6.40. The van der Waals surface area contributed by atoms with Gasteiger partial charge >= 0.3 is 0 Å². The molecule has 1 heterocycles. The van der Waals surface area contributed by atoms with E-state index in [2.05, 4.69) is 10.1 Å². The lowest BCUT2D eigenvalue weighted by Crippen LogP contribution is -1.96. The van der Waals surface area contributed by atoms with Crippen LogP contribution in [-0.2, 0) is 6.42 Å². The molecule has 2 rings (SSSR count). The zero-order chi connectivity index (χ0) is 9.10. The summed E-state index contributed by atoms with van der Waals surface area (Å²) in [7, 11) is 0. The Balaban J connectivity index is 2.03. The second-order valence-electron chi connectivity index (χ2n) is 3.50. The van der Waals surface area contributed by atoms with Gasteiger partial charge in [0.25, 0.3) is 0 Å². The van der Waals surface area contributed by atoms with Crippen molar-refractivity contribution >= 4 is 0 Å². The molecular weight excluding hydrogens is 168 g/mol. The fourth-order valence-electron chi connectivity index (χ4n) is 1.82. The van der Waals surface area contributed by atoms with Crippen molar-refractivity contribution in [3.63, 3.8) is 0 Å². The lowest BCUT2D eigenvalue weighted by Gasteiger charge is -1.99. The van der Waals surface area contributed by atoms with Crippen LogP contribution < -0.4 is 0 Å². The van der Waals surface area contributed by atoms with Crippen molar-refractivity contribution < 1.29 is 9.63 Å². The van der Waals surface area contributed by atoms with E-state index in [0.29, 0.717) is 18.2 Å². The van der Waals surface area contributed by atoms with E-state index in [9.17, 15) is 0 Å². The molecule has 1 saturated carbocycles. The van der Waals surface area contributed by atoms with Crippen LogP contribution in [-0.4, -0.2) is 21.9 Å². The molecule has 1 aromatic rings. The summed E-state index contributed by atoms with van der Waals surface area (Å²) in [6.07, 6.45) is 5.37. The Morgan fingerprint density at radius 1 is 1.38 bits per heavy atom. The number of nitrogens with zero attached hydrogens (tertiary/aromatic N) is 2. The first kappa shape index (κ1) is 8.69. The fraction of sp³-hybridized carbons (Fsp3) is 0.778. The number of aromatic nitrogens is 2. The van der Waals surface area contributed by atoms with Crippen LogP contribution in [0.15, 0.2) is 4.52 Å². The number of aliphatic hydroxyl groups is 1. The standard InChI is InChI=1S/C9H14N2O2/c12-6-5-8-10-9(11-13-8)7-3-1-2-4-7/h7,12H,1-6H2. The molecule has 0 spiro atoms. The number of aliphatic hydroxyl groups excluding tert-OH is 1. The zero-order valence-electron chi connectivity index (χ0n) is 7.57. The fourth-order valence-corrected chi connectivity index (χ4v) is 1.82. The maximum absolute atomic E-state index is 8.67. The van der Waals surface area contributed by atoms with Crippen LogP contribution in [0.2, 0.25) is 0 Å². The van der Waals surface area contributed by atoms with E-state index in [1.165, 1.54) is 25.7 Å². The van der Waals surface area contributed by atoms with E-state index in [4.69, 9.17) is 9.63 Å². The van der Waals surface area contributed by atoms with Gasteiger partial charge in [0.15, 0.2) is 5.82 Å². The number of hydrogen-bond acceptors (Lipinski definition) is 4. The molecule has 4 heteroatoms. The molecule has 1 N–H and O–H groups in total. The van der Waals surface area contributed by atoms with Gasteiger partial charge in [-0.15, -0.1) is 0 Å². The summed E-state index contributed by atoms with van der Waals surface area (Å²) >= 11 is 0. The lowest BCUT2D eigenvalue weighted by molar-refractivity contribution is 0.273. The maximum Gasteiger partial charge on any atom is 0.228 e. The van der Waals surface area contributed by atoms with Crippen LogP contribution in [0.25, 0.3) is 0 Å². The molecular formula is C9H14N2O2. The normalized spacial score (nSPS) is 18.2. The second-order valence-corrected chi connectivity index (χ2v) is 3.50. The molecule has 0 aliphatic heterocycles. The highest BCUT2D eigenvalue weighted by atomic mass is 16.5. The van der Waals surface area contributed by atoms with E-state index in [1.54, 1.807) is 0 Å². The molecule has 1 fully saturated rings. The molecule has 4 nitrogen and oxygen atoms in total. The average molecular weight is 182 g/mol. The topological polar surface area (TPSA) is 59.2 Å². The molecule has 0 saturated heterocycles. The smallest absolute Gasteiger partial charge is 0.228 e. The first-order valence-electron chi connectivity index (χ1n) is 4.83. The van der Waals surface area contributed by atoms with Gasteiger partial charge in [-0.05, 0) is 12.8 Å². The Kier molecular flexibility index (Phi) is 2.59. The minimum Gasteiger partial charge on any atom is -0.396 e. The Morgan fingerprint density at radius 2 is 2.15 bits per heavy atom. The third-order valence-corrected chi connectivity index (χ3v) is 2.53. The molecule has 72 valence electrons. The van der Waals surface area contributed by atoms with Crippen LogP contribution in [0.1, 0.15) is 43.3 Å². The van der Waals surface area contributed by atoms with Crippen molar-refractivity contribution in [3.05, 3.63) is 11.7 Å². The highest BCUT2D eigenvalue weighted by Gasteiger charge is 2.21. The van der Waals surface area contributed by atoms with Crippen LogP contribution >= 0.6 is 0 Å². The van der Waals surface area contributed by atoms with Crippen LogP contribution in [0, 0.1) is 0 Å². The van der Waals surface area contributed by atoms with Gasteiger partial charge < -0.3 is 9.63 Å². The van der Waals surface area contributed by atoms with Crippen molar-refractivity contribution in [3.8, 4) is 0 Å². The summed E-state index contributed by atoms with van der Waals surface area (Å²) in [6.45, 7) is 0.0757. The monoisotopic (exact) mass is 182 g/mol. The van der Waals surface area contributed by atoms with Crippen molar-refractivity contribution in [1.29, 1.82) is 0 Å². The second kappa shape index (κ2) is 3.87. The molecule has 0 amide bonds. The lowest BCUT2D eigenvalue weighted by atomic mass is 10.1. The van der Waals surface area contributed by atoms with E-state index in [0.717, 1.165) is 5.82 Å². The number of rotatable bonds is 3. The molecule has 0 atom stereocenters. The van der Waals surface area contributed by atoms with Gasteiger partial charge in [-0.25, -0.2) is 0 Å². The molecule has 1 aliphatic carbocycles. The highest BCUT2D eigenvalue weighted by molar-refractivity contribution is 4.97. The van der Waals surface area contributed by atoms with Gasteiger partial charge in [0, 0.05) is 5.92 Å². The molecule has 0 unspecified atom stereocenters. The van der Waals surface area contributed by atoms with Gasteiger partial charge in [-0.3, -0.25) is 0 Å². The molecule has 1 aliphatic rings. The molecule has 0 aromatic carbocycles. The molecule has 0 radical (unpaired) electrons. The Hall–Kier alpha value is -0.900. The number of hydrogen-bond donors (Lipinski definition) is 1. The summed E-state index contributed by atoms with van der Waals surface area (Å²) in [6, 6.07) is 0. The predicted octanol–water partition coefficient (Wildman–Crippen LogP) is 1.26. The van der Waals surface area contributed by atoms with Gasteiger partial charge in [0.1, 0.15) is 0 Å². The average Bonchev–Trinajstić information content (AvgIpc) is 2.70. The van der Waals surface area contributed by atoms with Crippen molar-refractivity contribution in [1.82, 2.24) is 10.1 Å². The zero-order valence-corrected chi connectivity index (χ0v) is 7.57. The van der Waals surface area contributed by atoms with Gasteiger partial charge in [-0.2, -0.15) is 4.98 Å². The highest BCUT2D eigenvalue weighted by Crippen LogP contribution is 2.32. The largest absolute Gasteiger partial charge is 0.396 e. The summed E-state index contributed by atoms with van der Waals surface area (Å²) in [5.74, 6) is 1.89.